The van der Waals surface area contributed by atoms with Gasteiger partial charge in [0.1, 0.15) is 0 Å². The summed E-state index contributed by atoms with van der Waals surface area (Å²) in [6, 6.07) is 0. The molecule has 0 aromatic heterocycles. The molecule has 0 aromatic rings. The van der Waals surface area contributed by atoms with Crippen molar-refractivity contribution in [2.24, 2.45) is 0 Å². The Morgan fingerprint density at radius 1 is 1.75 bits per heavy atom. The number of hydrogen-bond acceptors (Lipinski definition) is 3. The molecule has 48 valence electrons. The lowest BCUT2D eigenvalue weighted by molar-refractivity contribution is -0.0390. The average Bonchev–Trinajstić information content (AvgIpc) is 1.84. The molecule has 0 bridgehead atoms. The third kappa shape index (κ3) is 2.18. The number of nitrogens with zero attached hydrogens (tertiary/aromatic N) is 1. The van der Waals surface area contributed by atoms with E-state index in [-0.39, 0.29) is 0 Å². The van der Waals surface area contributed by atoms with Gasteiger partial charge in [-0.15, -0.1) is 0 Å². The van der Waals surface area contributed by atoms with Gasteiger partial charge in [0.25, 0.3) is 0 Å². The van der Waals surface area contributed by atoms with Gasteiger partial charge in [-0.1, -0.05) is 11.8 Å². The van der Waals surface area contributed by atoms with Crippen molar-refractivity contribution in [2.45, 2.75) is 0 Å². The van der Waals surface area contributed by atoms with Gasteiger partial charge in [-0.2, -0.15) is 0 Å². The minimum atomic E-state index is 0.410. The fraction of sp³-hybridized carbons (Fsp3) is 0.750. The second-order valence-electron chi connectivity index (χ2n) is 1.19. The van der Waals surface area contributed by atoms with Gasteiger partial charge in [0.05, 0.1) is 7.11 Å². The number of hydroxylamine groups is 2. The van der Waals surface area contributed by atoms with Crippen molar-refractivity contribution in [3.8, 4) is 0 Å². The summed E-state index contributed by atoms with van der Waals surface area (Å²) in [4.78, 5) is 4.69. The van der Waals surface area contributed by atoms with Crippen molar-refractivity contribution in [3.05, 3.63) is 0 Å². The summed E-state index contributed by atoms with van der Waals surface area (Å²) in [6.45, 7) is 0. The van der Waals surface area contributed by atoms with Gasteiger partial charge in [0.2, 0.25) is 0 Å². The zero-order valence-corrected chi connectivity index (χ0v) is 6.08. The Bertz CT molecular complexity index is 86.1. The van der Waals surface area contributed by atoms with Gasteiger partial charge >= 0.3 is 0 Å². The fourth-order valence-corrected chi connectivity index (χ4v) is 0.543. The van der Waals surface area contributed by atoms with Crippen LogP contribution in [-0.2, 0) is 4.84 Å². The van der Waals surface area contributed by atoms with Crippen LogP contribution in [-0.4, -0.2) is 30.6 Å². The predicted octanol–water partition coefficient (Wildman–Crippen LogP) is 0.777. The number of thioether (sulfide) groups is 1. The van der Waals surface area contributed by atoms with Gasteiger partial charge in [0, 0.05) is 7.05 Å². The van der Waals surface area contributed by atoms with Gasteiger partial charge in [-0.05, 0) is 6.26 Å². The lowest BCUT2D eigenvalue weighted by atomic mass is 11.1. The van der Waals surface area contributed by atoms with Crippen LogP contribution in [0.25, 0.3) is 0 Å². The summed E-state index contributed by atoms with van der Waals surface area (Å²) in [5.74, 6) is 0. The van der Waals surface area contributed by atoms with E-state index in [1.807, 2.05) is 6.26 Å². The van der Waals surface area contributed by atoms with Gasteiger partial charge in [-0.25, -0.2) is 5.06 Å². The van der Waals surface area contributed by atoms with Crippen LogP contribution in [0.2, 0.25) is 0 Å². The van der Waals surface area contributed by atoms with Crippen molar-refractivity contribution in [3.63, 3.8) is 0 Å². The standard InChI is InChI=1S/C4H10N2OS/c1-6(7-2)4(5)8-3/h5H,1-3H3. The SMILES string of the molecule is CON(C)C(=N)SC. The van der Waals surface area contributed by atoms with E-state index in [9.17, 15) is 0 Å². The number of amidine groups is 1. The van der Waals surface area contributed by atoms with Crippen molar-refractivity contribution < 1.29 is 4.84 Å². The Morgan fingerprint density at radius 2 is 2.25 bits per heavy atom. The molecule has 1 N–H and O–H groups in total. The second kappa shape index (κ2) is 3.74. The molecule has 0 aliphatic heterocycles. The summed E-state index contributed by atoms with van der Waals surface area (Å²) >= 11 is 1.34. The summed E-state index contributed by atoms with van der Waals surface area (Å²) < 4.78 is 0. The molecule has 0 saturated carbocycles. The quantitative estimate of drug-likeness (QED) is 0.327. The molecular formula is C4H10N2OS. The van der Waals surface area contributed by atoms with Crippen LogP contribution in [0.5, 0.6) is 0 Å². The zero-order valence-electron chi connectivity index (χ0n) is 5.26. The summed E-state index contributed by atoms with van der Waals surface area (Å²) in [6.07, 6.45) is 1.83. The summed E-state index contributed by atoms with van der Waals surface area (Å²) in [5, 5.41) is 8.91. The highest BCUT2D eigenvalue weighted by molar-refractivity contribution is 8.13. The molecule has 4 heteroatoms. The zero-order chi connectivity index (χ0) is 6.57. The molecule has 8 heavy (non-hydrogen) atoms. The van der Waals surface area contributed by atoms with Crippen molar-refractivity contribution in [1.82, 2.24) is 5.06 Å². The third-order valence-corrected chi connectivity index (χ3v) is 1.40. The number of nitrogens with one attached hydrogen (secondary N) is 1. The predicted molar refractivity (Wildman–Crippen MR) is 36.0 cm³/mol. The van der Waals surface area contributed by atoms with Crippen LogP contribution in [0.3, 0.4) is 0 Å². The van der Waals surface area contributed by atoms with Crippen LogP contribution < -0.4 is 0 Å². The van der Waals surface area contributed by atoms with E-state index in [1.165, 1.54) is 23.9 Å². The van der Waals surface area contributed by atoms with E-state index in [2.05, 4.69) is 0 Å². The Morgan fingerprint density at radius 3 is 2.38 bits per heavy atom. The molecule has 0 saturated heterocycles. The van der Waals surface area contributed by atoms with Gasteiger partial charge in [-0.3, -0.25) is 10.2 Å². The minimum absolute atomic E-state index is 0.410. The topological polar surface area (TPSA) is 36.3 Å². The molecule has 0 fully saturated rings. The van der Waals surface area contributed by atoms with E-state index >= 15 is 0 Å². The van der Waals surface area contributed by atoms with E-state index in [1.54, 1.807) is 7.05 Å². The first kappa shape index (κ1) is 7.78. The number of rotatable bonds is 1. The van der Waals surface area contributed by atoms with Gasteiger partial charge in [0.15, 0.2) is 5.17 Å². The first-order valence-corrected chi connectivity index (χ1v) is 3.35. The highest BCUT2D eigenvalue weighted by Crippen LogP contribution is 1.98. The maximum absolute atomic E-state index is 7.11. The first-order chi connectivity index (χ1) is 3.72. The summed E-state index contributed by atoms with van der Waals surface area (Å²) in [7, 11) is 3.23. The molecule has 0 atom stereocenters. The molecule has 0 aliphatic carbocycles. The lowest BCUT2D eigenvalue weighted by Crippen LogP contribution is -2.21. The van der Waals surface area contributed by atoms with E-state index in [4.69, 9.17) is 10.2 Å². The number of hydrogen-bond donors (Lipinski definition) is 1. The molecule has 0 heterocycles. The monoisotopic (exact) mass is 134 g/mol. The smallest absolute Gasteiger partial charge is 0.179 e. The van der Waals surface area contributed by atoms with Crippen LogP contribution in [0.1, 0.15) is 0 Å². The highest BCUT2D eigenvalue weighted by atomic mass is 32.2. The average molecular weight is 134 g/mol. The van der Waals surface area contributed by atoms with Crippen molar-refractivity contribution in [1.29, 1.82) is 5.41 Å². The Kier molecular flexibility index (Phi) is 3.64. The fourth-order valence-electron chi connectivity index (χ4n) is 0.211. The van der Waals surface area contributed by atoms with E-state index in [0.29, 0.717) is 5.17 Å². The summed E-state index contributed by atoms with van der Waals surface area (Å²) in [5.41, 5.74) is 0. The maximum Gasteiger partial charge on any atom is 0.179 e. The molecule has 0 spiro atoms. The maximum atomic E-state index is 7.11. The molecule has 0 aliphatic rings. The molecule has 0 amide bonds. The van der Waals surface area contributed by atoms with Crippen LogP contribution >= 0.6 is 11.8 Å². The Hall–Kier alpha value is -0.220. The second-order valence-corrected chi connectivity index (χ2v) is 1.98. The Balaban J connectivity index is 3.46. The van der Waals surface area contributed by atoms with Gasteiger partial charge < -0.3 is 0 Å². The van der Waals surface area contributed by atoms with Crippen molar-refractivity contribution >= 4 is 16.9 Å². The van der Waals surface area contributed by atoms with Crippen LogP contribution in [0.4, 0.5) is 0 Å². The van der Waals surface area contributed by atoms with E-state index in [0.717, 1.165) is 0 Å². The molecule has 0 unspecified atom stereocenters. The molecule has 3 nitrogen and oxygen atoms in total. The highest BCUT2D eigenvalue weighted by Gasteiger charge is 1.97. The molecule has 0 rings (SSSR count). The first-order valence-electron chi connectivity index (χ1n) is 2.12. The molecular weight excluding hydrogens is 124 g/mol. The third-order valence-electron chi connectivity index (χ3n) is 0.753. The van der Waals surface area contributed by atoms with Crippen LogP contribution in [0.15, 0.2) is 0 Å². The molecule has 0 radical (unpaired) electrons. The lowest BCUT2D eigenvalue weighted by Gasteiger charge is -2.13. The van der Waals surface area contributed by atoms with E-state index < -0.39 is 0 Å². The minimum Gasteiger partial charge on any atom is -0.277 e. The Labute approximate surface area is 53.5 Å². The normalized spacial score (nSPS) is 8.88. The molecule has 0 aromatic carbocycles. The van der Waals surface area contributed by atoms with Crippen LogP contribution in [0, 0.1) is 5.41 Å². The van der Waals surface area contributed by atoms with Crippen molar-refractivity contribution in [2.75, 3.05) is 20.4 Å². The largest absolute Gasteiger partial charge is 0.277 e.